The Labute approximate surface area is 161 Å². The van der Waals surface area contributed by atoms with E-state index in [4.69, 9.17) is 4.99 Å². The summed E-state index contributed by atoms with van der Waals surface area (Å²) in [5.74, 6) is 0. The SMILES string of the molecule is CN1CCC2(C=C3C=Nc4ccccc4-n4ccc(c43)C2)CC1.Cl.Cl. The van der Waals surface area contributed by atoms with E-state index in [0.717, 1.165) is 5.69 Å². The van der Waals surface area contributed by atoms with Crippen LogP contribution in [0.1, 0.15) is 24.1 Å². The molecular formula is C20H23Cl2N3. The molecule has 1 saturated heterocycles. The number of aromatic nitrogens is 1. The lowest BCUT2D eigenvalue weighted by Crippen LogP contribution is -2.39. The number of benzene rings is 1. The van der Waals surface area contributed by atoms with E-state index in [1.807, 2.05) is 0 Å². The van der Waals surface area contributed by atoms with E-state index in [-0.39, 0.29) is 24.8 Å². The highest BCUT2D eigenvalue weighted by Crippen LogP contribution is 2.45. The Morgan fingerprint density at radius 2 is 1.80 bits per heavy atom. The van der Waals surface area contributed by atoms with Crippen molar-refractivity contribution in [3.63, 3.8) is 0 Å². The number of halogens is 2. The zero-order valence-corrected chi connectivity index (χ0v) is 15.9. The van der Waals surface area contributed by atoms with Crippen LogP contribution in [0, 0.1) is 5.41 Å². The highest BCUT2D eigenvalue weighted by Gasteiger charge is 2.37. The summed E-state index contributed by atoms with van der Waals surface area (Å²) >= 11 is 0. The number of para-hydroxylation sites is 2. The van der Waals surface area contributed by atoms with Crippen molar-refractivity contribution in [1.82, 2.24) is 9.47 Å². The molecule has 1 aliphatic carbocycles. The first-order chi connectivity index (χ1) is 11.2. The summed E-state index contributed by atoms with van der Waals surface area (Å²) in [6, 6.07) is 10.7. The summed E-state index contributed by atoms with van der Waals surface area (Å²) in [6.45, 7) is 2.38. The van der Waals surface area contributed by atoms with Crippen molar-refractivity contribution in [1.29, 1.82) is 0 Å². The van der Waals surface area contributed by atoms with Crippen molar-refractivity contribution in [3.8, 4) is 5.69 Å². The van der Waals surface area contributed by atoms with Crippen LogP contribution in [0.15, 0.2) is 47.6 Å². The molecule has 1 spiro atoms. The van der Waals surface area contributed by atoms with Crippen molar-refractivity contribution in [2.45, 2.75) is 19.3 Å². The van der Waals surface area contributed by atoms with Gasteiger partial charge in [0.15, 0.2) is 0 Å². The lowest BCUT2D eigenvalue weighted by molar-refractivity contribution is 0.163. The molecule has 3 aliphatic rings. The van der Waals surface area contributed by atoms with E-state index in [9.17, 15) is 0 Å². The van der Waals surface area contributed by atoms with Crippen molar-refractivity contribution in [3.05, 3.63) is 53.9 Å². The lowest BCUT2D eigenvalue weighted by Gasteiger charge is -2.41. The Balaban J connectivity index is 0.000000911. The minimum Gasteiger partial charge on any atom is -0.314 e. The van der Waals surface area contributed by atoms with Gasteiger partial charge in [0.2, 0.25) is 0 Å². The molecule has 2 aromatic rings. The molecule has 2 aliphatic heterocycles. The third-order valence-electron chi connectivity index (χ3n) is 5.71. The van der Waals surface area contributed by atoms with Gasteiger partial charge < -0.3 is 9.47 Å². The molecule has 132 valence electrons. The lowest BCUT2D eigenvalue weighted by atomic mass is 9.69. The molecule has 0 saturated carbocycles. The van der Waals surface area contributed by atoms with E-state index in [2.05, 4.69) is 65.3 Å². The first kappa shape index (κ1) is 18.2. The molecule has 0 radical (unpaired) electrons. The number of allylic oxidation sites excluding steroid dienone is 2. The normalized spacial score (nSPS) is 19.8. The number of rotatable bonds is 0. The number of fused-ring (bicyclic) bond motifs is 2. The maximum atomic E-state index is 4.77. The Hall–Kier alpha value is -1.55. The van der Waals surface area contributed by atoms with Gasteiger partial charge in [0.1, 0.15) is 0 Å². The van der Waals surface area contributed by atoms with E-state index in [1.165, 1.54) is 54.9 Å². The summed E-state index contributed by atoms with van der Waals surface area (Å²) in [6.07, 6.45) is 10.5. The molecule has 1 aromatic heterocycles. The fourth-order valence-corrected chi connectivity index (χ4v) is 4.37. The Morgan fingerprint density at radius 1 is 1.04 bits per heavy atom. The average Bonchev–Trinajstić information content (AvgIpc) is 2.92. The highest BCUT2D eigenvalue weighted by atomic mass is 35.5. The van der Waals surface area contributed by atoms with Crippen LogP contribution < -0.4 is 0 Å². The van der Waals surface area contributed by atoms with E-state index >= 15 is 0 Å². The van der Waals surface area contributed by atoms with Gasteiger partial charge in [0.05, 0.1) is 17.1 Å². The maximum absolute atomic E-state index is 4.77. The van der Waals surface area contributed by atoms with Crippen molar-refractivity contribution >= 4 is 42.3 Å². The van der Waals surface area contributed by atoms with Crippen molar-refractivity contribution in [2.24, 2.45) is 10.4 Å². The van der Waals surface area contributed by atoms with Gasteiger partial charge in [0, 0.05) is 18.0 Å². The monoisotopic (exact) mass is 375 g/mol. The standard InChI is InChI=1S/C20H21N3.2ClH/c1-22-10-7-20(8-11-22)12-15-6-9-23-18-5-3-2-4-17(18)21-14-16(13-20)19(15)23;;/h2-6,9,13-14H,7-8,10-12H2,1H3;2*1H. The molecule has 5 rings (SSSR count). The molecule has 0 N–H and O–H groups in total. The van der Waals surface area contributed by atoms with Gasteiger partial charge >= 0.3 is 0 Å². The van der Waals surface area contributed by atoms with Gasteiger partial charge in [-0.3, -0.25) is 4.99 Å². The van der Waals surface area contributed by atoms with Gasteiger partial charge in [-0.25, -0.2) is 0 Å². The average molecular weight is 376 g/mol. The summed E-state index contributed by atoms with van der Waals surface area (Å²) < 4.78 is 2.32. The summed E-state index contributed by atoms with van der Waals surface area (Å²) in [4.78, 5) is 7.22. The summed E-state index contributed by atoms with van der Waals surface area (Å²) in [5.41, 5.74) is 6.70. The van der Waals surface area contributed by atoms with Crippen LogP contribution in [0.3, 0.4) is 0 Å². The number of likely N-dealkylation sites (tertiary alicyclic amines) is 1. The van der Waals surface area contributed by atoms with Gasteiger partial charge in [-0.2, -0.15) is 0 Å². The van der Waals surface area contributed by atoms with E-state index in [0.29, 0.717) is 5.41 Å². The van der Waals surface area contributed by atoms with Crippen LogP contribution in [0.4, 0.5) is 5.69 Å². The first-order valence-electron chi connectivity index (χ1n) is 8.50. The molecule has 3 heterocycles. The van der Waals surface area contributed by atoms with Crippen LogP contribution in [-0.4, -0.2) is 35.8 Å². The molecule has 0 bridgehead atoms. The number of piperidine rings is 1. The second kappa shape index (κ2) is 6.64. The predicted molar refractivity (Wildman–Crippen MR) is 109 cm³/mol. The van der Waals surface area contributed by atoms with Gasteiger partial charge in [0.25, 0.3) is 0 Å². The fraction of sp³-hybridized carbons (Fsp3) is 0.350. The van der Waals surface area contributed by atoms with Gasteiger partial charge in [-0.05, 0) is 68.6 Å². The molecule has 0 atom stereocenters. The third-order valence-corrected chi connectivity index (χ3v) is 5.71. The van der Waals surface area contributed by atoms with Crippen molar-refractivity contribution < 1.29 is 0 Å². The minimum atomic E-state index is 0. The second-order valence-electron chi connectivity index (χ2n) is 7.25. The third kappa shape index (κ3) is 2.84. The van der Waals surface area contributed by atoms with Crippen LogP contribution in [0.5, 0.6) is 0 Å². The molecule has 0 unspecified atom stereocenters. The molecule has 5 heteroatoms. The largest absolute Gasteiger partial charge is 0.314 e. The molecular weight excluding hydrogens is 353 g/mol. The van der Waals surface area contributed by atoms with E-state index in [1.54, 1.807) is 0 Å². The summed E-state index contributed by atoms with van der Waals surface area (Å²) in [5, 5.41) is 0. The van der Waals surface area contributed by atoms with Crippen LogP contribution in [0.2, 0.25) is 0 Å². The predicted octanol–water partition coefficient (Wildman–Crippen LogP) is 4.69. The molecule has 0 amide bonds. The number of nitrogens with zero attached hydrogens (tertiary/aromatic N) is 3. The van der Waals surface area contributed by atoms with Crippen molar-refractivity contribution in [2.75, 3.05) is 20.1 Å². The molecule has 1 fully saturated rings. The molecule has 3 nitrogen and oxygen atoms in total. The highest BCUT2D eigenvalue weighted by molar-refractivity contribution is 6.12. The number of hydrogen-bond acceptors (Lipinski definition) is 2. The van der Waals surface area contributed by atoms with Crippen LogP contribution in [-0.2, 0) is 6.42 Å². The minimum absolute atomic E-state index is 0. The fourth-order valence-electron chi connectivity index (χ4n) is 4.37. The Bertz CT molecular complexity index is 842. The quantitative estimate of drug-likeness (QED) is 0.653. The van der Waals surface area contributed by atoms with E-state index < -0.39 is 0 Å². The van der Waals surface area contributed by atoms with Gasteiger partial charge in [-0.1, -0.05) is 18.2 Å². The number of aliphatic imine (C=N–C) groups is 1. The topological polar surface area (TPSA) is 20.5 Å². The number of hydrogen-bond donors (Lipinski definition) is 0. The van der Waals surface area contributed by atoms with Crippen LogP contribution in [0.25, 0.3) is 11.3 Å². The Kier molecular flexibility index (Phi) is 4.84. The second-order valence-corrected chi connectivity index (χ2v) is 7.25. The first-order valence-corrected chi connectivity index (χ1v) is 8.50. The molecule has 25 heavy (non-hydrogen) atoms. The maximum Gasteiger partial charge on any atom is 0.0870 e. The molecule has 1 aromatic carbocycles. The zero-order valence-electron chi connectivity index (χ0n) is 14.3. The van der Waals surface area contributed by atoms with Gasteiger partial charge in [-0.15, -0.1) is 24.8 Å². The smallest absolute Gasteiger partial charge is 0.0870 e. The van der Waals surface area contributed by atoms with Crippen LogP contribution >= 0.6 is 24.8 Å². The zero-order chi connectivity index (χ0) is 15.4. The Morgan fingerprint density at radius 3 is 2.60 bits per heavy atom. The summed E-state index contributed by atoms with van der Waals surface area (Å²) in [7, 11) is 2.23.